The number of hydrogen-bond acceptors (Lipinski definition) is 4. The second-order valence-corrected chi connectivity index (χ2v) is 6.86. The molecule has 0 saturated heterocycles. The van der Waals surface area contributed by atoms with Crippen molar-refractivity contribution in [3.63, 3.8) is 0 Å². The summed E-state index contributed by atoms with van der Waals surface area (Å²) in [5.41, 5.74) is 4.45. The van der Waals surface area contributed by atoms with Crippen LogP contribution in [0, 0.1) is 11.8 Å². The van der Waals surface area contributed by atoms with Gasteiger partial charge in [-0.25, -0.2) is 0 Å². The molecule has 1 fully saturated rings. The number of carbonyl (C=O) groups is 3. The van der Waals surface area contributed by atoms with Crippen molar-refractivity contribution in [2.45, 2.75) is 18.8 Å². The molecule has 0 aliphatic heterocycles. The van der Waals surface area contributed by atoms with Crippen molar-refractivity contribution in [2.75, 3.05) is 6.61 Å². The number of carboxylic acid groups (broad SMARTS) is 1. The number of ether oxygens (including phenoxy) is 1. The highest BCUT2D eigenvalue weighted by atomic mass is 16.5. The van der Waals surface area contributed by atoms with Crippen LogP contribution in [0.15, 0.2) is 48.5 Å². The van der Waals surface area contributed by atoms with Crippen molar-refractivity contribution >= 4 is 17.7 Å². The van der Waals surface area contributed by atoms with Gasteiger partial charge in [-0.1, -0.05) is 48.5 Å². The van der Waals surface area contributed by atoms with E-state index in [1.54, 1.807) is 0 Å². The lowest BCUT2D eigenvalue weighted by Gasteiger charge is -2.18. The van der Waals surface area contributed by atoms with Crippen LogP contribution in [0.2, 0.25) is 0 Å². The van der Waals surface area contributed by atoms with Crippen LogP contribution in [0.1, 0.15) is 29.9 Å². The fraction of sp³-hybridized carbons (Fsp3) is 0.286. The Kier molecular flexibility index (Phi) is 4.07. The molecule has 1 unspecified atom stereocenters. The highest BCUT2D eigenvalue weighted by Crippen LogP contribution is 2.44. The number of fused-ring (bicyclic) bond motifs is 3. The van der Waals surface area contributed by atoms with Gasteiger partial charge in [-0.3, -0.25) is 14.4 Å². The number of Topliss-reactive ketones (excluding diaryl/α,β-unsaturated/α-hetero) is 1. The van der Waals surface area contributed by atoms with Crippen molar-refractivity contribution in [1.82, 2.24) is 0 Å². The lowest BCUT2D eigenvalue weighted by Crippen LogP contribution is -2.28. The molecule has 26 heavy (non-hydrogen) atoms. The standard InChI is InChI=1S/C21H18O5/c22-12-9-17(20(23)24)18(10-12)21(25)26-11-19-15-7-3-1-5-13(15)14-6-2-4-8-16(14)19/h1-8,17-19H,9-11H2,(H,23,24)/t17-,18?/m1/s1. The third-order valence-corrected chi connectivity index (χ3v) is 5.36. The van der Waals surface area contributed by atoms with Crippen molar-refractivity contribution in [1.29, 1.82) is 0 Å². The first-order chi connectivity index (χ1) is 12.6. The molecule has 1 saturated carbocycles. The monoisotopic (exact) mass is 350 g/mol. The van der Waals surface area contributed by atoms with E-state index in [9.17, 15) is 19.5 Å². The Labute approximate surface area is 150 Å². The summed E-state index contributed by atoms with van der Waals surface area (Å²) in [5, 5.41) is 9.23. The first kappa shape index (κ1) is 16.5. The van der Waals surface area contributed by atoms with E-state index < -0.39 is 23.8 Å². The predicted molar refractivity (Wildman–Crippen MR) is 93.5 cm³/mol. The summed E-state index contributed by atoms with van der Waals surface area (Å²) in [6, 6.07) is 16.0. The third-order valence-electron chi connectivity index (χ3n) is 5.36. The van der Waals surface area contributed by atoms with Crippen LogP contribution >= 0.6 is 0 Å². The molecule has 4 rings (SSSR count). The fourth-order valence-electron chi connectivity index (χ4n) is 4.08. The molecule has 0 aromatic heterocycles. The lowest BCUT2D eigenvalue weighted by atomic mass is 9.96. The number of hydrogen-bond donors (Lipinski definition) is 1. The molecule has 1 N–H and O–H groups in total. The maximum atomic E-state index is 12.4. The minimum Gasteiger partial charge on any atom is -0.481 e. The van der Waals surface area contributed by atoms with Crippen LogP contribution < -0.4 is 0 Å². The van der Waals surface area contributed by atoms with Gasteiger partial charge in [-0.15, -0.1) is 0 Å². The summed E-state index contributed by atoms with van der Waals surface area (Å²) in [5.74, 6) is -3.84. The predicted octanol–water partition coefficient (Wildman–Crippen LogP) is 3.02. The Balaban J connectivity index is 1.54. The van der Waals surface area contributed by atoms with Gasteiger partial charge in [0.15, 0.2) is 0 Å². The molecule has 0 heterocycles. The van der Waals surface area contributed by atoms with Crippen molar-refractivity contribution in [3.8, 4) is 11.1 Å². The minimum absolute atomic E-state index is 0.0480. The summed E-state index contributed by atoms with van der Waals surface area (Å²) in [4.78, 5) is 35.3. The topological polar surface area (TPSA) is 80.7 Å². The summed E-state index contributed by atoms with van der Waals surface area (Å²) < 4.78 is 5.50. The Hall–Kier alpha value is -2.95. The Bertz CT molecular complexity index is 855. The maximum absolute atomic E-state index is 12.4. The zero-order valence-electron chi connectivity index (χ0n) is 14.1. The molecule has 2 aromatic carbocycles. The second kappa shape index (κ2) is 6.41. The van der Waals surface area contributed by atoms with Gasteiger partial charge in [-0.05, 0) is 22.3 Å². The van der Waals surface area contributed by atoms with Gasteiger partial charge < -0.3 is 9.84 Å². The van der Waals surface area contributed by atoms with Gasteiger partial charge >= 0.3 is 11.9 Å². The zero-order chi connectivity index (χ0) is 18.3. The number of aliphatic carboxylic acids is 1. The summed E-state index contributed by atoms with van der Waals surface area (Å²) in [6.45, 7) is 0.143. The Morgan fingerprint density at radius 3 is 2.04 bits per heavy atom. The van der Waals surface area contributed by atoms with E-state index in [4.69, 9.17) is 4.74 Å². The SMILES string of the molecule is O=C1CC(C(=O)OCC2c3ccccc3-c3ccccc32)[C@H](C(=O)O)C1. The van der Waals surface area contributed by atoms with Crippen LogP contribution in [-0.2, 0) is 19.1 Å². The Morgan fingerprint density at radius 2 is 1.46 bits per heavy atom. The molecular formula is C21H18O5. The molecule has 2 aliphatic carbocycles. The van der Waals surface area contributed by atoms with E-state index in [0.29, 0.717) is 0 Å². The van der Waals surface area contributed by atoms with E-state index in [1.165, 1.54) is 0 Å². The van der Waals surface area contributed by atoms with Gasteiger partial charge in [0.25, 0.3) is 0 Å². The molecule has 0 amide bonds. The fourth-order valence-corrected chi connectivity index (χ4v) is 4.08. The van der Waals surface area contributed by atoms with Crippen molar-refractivity contribution in [2.24, 2.45) is 11.8 Å². The molecule has 2 aliphatic rings. The molecule has 0 spiro atoms. The largest absolute Gasteiger partial charge is 0.481 e. The first-order valence-corrected chi connectivity index (χ1v) is 8.65. The van der Waals surface area contributed by atoms with Crippen LogP contribution in [0.25, 0.3) is 11.1 Å². The maximum Gasteiger partial charge on any atom is 0.310 e. The summed E-state index contributed by atoms with van der Waals surface area (Å²) >= 11 is 0. The van der Waals surface area contributed by atoms with Gasteiger partial charge in [0.2, 0.25) is 0 Å². The van der Waals surface area contributed by atoms with Crippen molar-refractivity contribution in [3.05, 3.63) is 59.7 Å². The molecule has 5 heteroatoms. The van der Waals surface area contributed by atoms with E-state index in [2.05, 4.69) is 0 Å². The van der Waals surface area contributed by atoms with Gasteiger partial charge in [0, 0.05) is 18.8 Å². The van der Waals surface area contributed by atoms with Crippen LogP contribution in [0.4, 0.5) is 0 Å². The molecular weight excluding hydrogens is 332 g/mol. The molecule has 2 aromatic rings. The minimum atomic E-state index is -1.12. The first-order valence-electron chi connectivity index (χ1n) is 8.65. The van der Waals surface area contributed by atoms with E-state index in [0.717, 1.165) is 22.3 Å². The normalized spacial score (nSPS) is 21.3. The molecule has 132 valence electrons. The second-order valence-electron chi connectivity index (χ2n) is 6.86. The van der Waals surface area contributed by atoms with Crippen LogP contribution in [-0.4, -0.2) is 29.4 Å². The Morgan fingerprint density at radius 1 is 0.923 bits per heavy atom. The van der Waals surface area contributed by atoms with Gasteiger partial charge in [-0.2, -0.15) is 0 Å². The van der Waals surface area contributed by atoms with E-state index in [1.807, 2.05) is 48.5 Å². The average molecular weight is 350 g/mol. The lowest BCUT2D eigenvalue weighted by molar-refractivity contribution is -0.156. The smallest absolute Gasteiger partial charge is 0.310 e. The number of carboxylic acids is 1. The average Bonchev–Trinajstić information content (AvgIpc) is 3.18. The number of ketones is 1. The molecule has 2 atom stereocenters. The highest BCUT2D eigenvalue weighted by molar-refractivity contribution is 5.94. The highest BCUT2D eigenvalue weighted by Gasteiger charge is 2.43. The molecule has 0 bridgehead atoms. The summed E-state index contributed by atoms with van der Waals surface area (Å²) in [7, 11) is 0. The van der Waals surface area contributed by atoms with Crippen LogP contribution in [0.5, 0.6) is 0 Å². The van der Waals surface area contributed by atoms with E-state index in [-0.39, 0.29) is 31.1 Å². The van der Waals surface area contributed by atoms with Gasteiger partial charge in [0.1, 0.15) is 12.4 Å². The van der Waals surface area contributed by atoms with E-state index >= 15 is 0 Å². The molecule has 5 nitrogen and oxygen atoms in total. The molecule has 0 radical (unpaired) electrons. The quantitative estimate of drug-likeness (QED) is 0.857. The number of carbonyl (C=O) groups excluding carboxylic acids is 2. The summed E-state index contributed by atoms with van der Waals surface area (Å²) in [6.07, 6.45) is -0.141. The van der Waals surface area contributed by atoms with Crippen LogP contribution in [0.3, 0.4) is 0 Å². The zero-order valence-corrected chi connectivity index (χ0v) is 14.1. The number of esters is 1. The van der Waals surface area contributed by atoms with Crippen molar-refractivity contribution < 1.29 is 24.2 Å². The number of benzene rings is 2. The van der Waals surface area contributed by atoms with Gasteiger partial charge in [0.05, 0.1) is 11.8 Å². The number of rotatable bonds is 4. The third kappa shape index (κ3) is 2.69.